The van der Waals surface area contributed by atoms with Crippen LogP contribution >= 0.6 is 0 Å². The van der Waals surface area contributed by atoms with E-state index >= 15 is 0 Å². The molecule has 0 bridgehead atoms. The van der Waals surface area contributed by atoms with Crippen LogP contribution in [0.5, 0.6) is 0 Å². The fourth-order valence-electron chi connectivity index (χ4n) is 2.04. The summed E-state index contributed by atoms with van der Waals surface area (Å²) in [6, 6.07) is 0. The van der Waals surface area contributed by atoms with Crippen LogP contribution in [-0.2, 0) is 0 Å². The fourth-order valence-corrected chi connectivity index (χ4v) is 2.04. The SMILES string of the molecule is C/C=C(\CC)C/C=C/CC/C=C/CC(CC)CC. The van der Waals surface area contributed by atoms with E-state index in [1.165, 1.54) is 44.1 Å². The monoisotopic (exact) mass is 248 g/mol. The van der Waals surface area contributed by atoms with E-state index in [0.29, 0.717) is 0 Å². The van der Waals surface area contributed by atoms with Crippen molar-refractivity contribution >= 4 is 0 Å². The van der Waals surface area contributed by atoms with Crippen molar-refractivity contribution in [1.29, 1.82) is 0 Å². The molecule has 0 saturated carbocycles. The maximum Gasteiger partial charge on any atom is -0.0139 e. The van der Waals surface area contributed by atoms with E-state index in [0.717, 1.165) is 12.3 Å². The van der Waals surface area contributed by atoms with Crippen molar-refractivity contribution in [3.05, 3.63) is 36.0 Å². The van der Waals surface area contributed by atoms with Gasteiger partial charge in [-0.2, -0.15) is 0 Å². The lowest BCUT2D eigenvalue weighted by Gasteiger charge is -2.07. The Morgan fingerprint density at radius 2 is 1.50 bits per heavy atom. The van der Waals surface area contributed by atoms with Gasteiger partial charge in [0.2, 0.25) is 0 Å². The minimum Gasteiger partial charge on any atom is -0.0883 e. The van der Waals surface area contributed by atoms with Crippen LogP contribution in [0.25, 0.3) is 0 Å². The summed E-state index contributed by atoms with van der Waals surface area (Å²) in [6.07, 6.45) is 20.1. The normalized spacial score (nSPS) is 13.3. The Bertz CT molecular complexity index is 251. The van der Waals surface area contributed by atoms with E-state index < -0.39 is 0 Å². The van der Waals surface area contributed by atoms with E-state index in [4.69, 9.17) is 0 Å². The second kappa shape index (κ2) is 12.7. The summed E-state index contributed by atoms with van der Waals surface area (Å²) < 4.78 is 0. The third kappa shape index (κ3) is 9.27. The molecule has 0 nitrogen and oxygen atoms in total. The largest absolute Gasteiger partial charge is 0.0883 e. The standard InChI is InChI=1S/C18H32/c1-5-17(6-2)15-13-11-9-10-12-14-16-18(7-3)8-4/h5,11-14,18H,6-10,15-16H2,1-4H3/b13-11+,14-12+,17-5+. The molecule has 18 heavy (non-hydrogen) atoms. The van der Waals surface area contributed by atoms with Crippen LogP contribution in [-0.4, -0.2) is 0 Å². The lowest BCUT2D eigenvalue weighted by molar-refractivity contribution is 0.499. The highest BCUT2D eigenvalue weighted by atomic mass is 14.0. The average Bonchev–Trinajstić information content (AvgIpc) is 2.41. The summed E-state index contributed by atoms with van der Waals surface area (Å²) in [5.41, 5.74) is 1.54. The Morgan fingerprint density at radius 1 is 0.889 bits per heavy atom. The molecule has 0 saturated heterocycles. The zero-order valence-corrected chi connectivity index (χ0v) is 12.9. The quantitative estimate of drug-likeness (QED) is 0.308. The third-order valence-corrected chi connectivity index (χ3v) is 3.70. The van der Waals surface area contributed by atoms with E-state index in [-0.39, 0.29) is 0 Å². The summed E-state index contributed by atoms with van der Waals surface area (Å²) in [7, 11) is 0. The predicted octanol–water partition coefficient (Wildman–Crippen LogP) is 6.45. The summed E-state index contributed by atoms with van der Waals surface area (Å²) in [6.45, 7) is 8.94. The first-order chi connectivity index (χ1) is 8.78. The molecular formula is C18H32. The third-order valence-electron chi connectivity index (χ3n) is 3.70. The fraction of sp³-hybridized carbons (Fsp3) is 0.667. The zero-order chi connectivity index (χ0) is 13.6. The molecule has 0 unspecified atom stereocenters. The van der Waals surface area contributed by atoms with Gasteiger partial charge in [-0.3, -0.25) is 0 Å². The molecule has 0 aromatic rings. The van der Waals surface area contributed by atoms with Crippen LogP contribution in [0.2, 0.25) is 0 Å². The van der Waals surface area contributed by atoms with E-state index in [1.807, 2.05) is 0 Å². The number of unbranched alkanes of at least 4 members (excludes halogenated alkanes) is 1. The number of hydrogen-bond donors (Lipinski definition) is 0. The molecule has 0 spiro atoms. The Balaban J connectivity index is 3.61. The first-order valence-electron chi connectivity index (χ1n) is 7.72. The van der Waals surface area contributed by atoms with Crippen molar-refractivity contribution in [3.8, 4) is 0 Å². The van der Waals surface area contributed by atoms with Gasteiger partial charge in [-0.05, 0) is 44.9 Å². The van der Waals surface area contributed by atoms with Crippen molar-refractivity contribution < 1.29 is 0 Å². The van der Waals surface area contributed by atoms with Crippen LogP contribution in [0, 0.1) is 5.92 Å². The van der Waals surface area contributed by atoms with Gasteiger partial charge in [0.1, 0.15) is 0 Å². The molecule has 0 aliphatic heterocycles. The van der Waals surface area contributed by atoms with E-state index in [1.54, 1.807) is 0 Å². The van der Waals surface area contributed by atoms with E-state index in [2.05, 4.69) is 58.1 Å². The summed E-state index contributed by atoms with van der Waals surface area (Å²) in [5, 5.41) is 0. The molecule has 0 amide bonds. The van der Waals surface area contributed by atoms with Gasteiger partial charge in [0.25, 0.3) is 0 Å². The van der Waals surface area contributed by atoms with Gasteiger partial charge >= 0.3 is 0 Å². The highest BCUT2D eigenvalue weighted by Gasteiger charge is 1.98. The molecule has 0 radical (unpaired) electrons. The Labute approximate surface area is 115 Å². The molecule has 0 aromatic heterocycles. The molecule has 0 aromatic carbocycles. The van der Waals surface area contributed by atoms with Crippen LogP contribution in [0.3, 0.4) is 0 Å². The number of rotatable bonds is 10. The Morgan fingerprint density at radius 3 is 2.00 bits per heavy atom. The maximum absolute atomic E-state index is 2.37. The molecule has 0 aliphatic carbocycles. The average molecular weight is 248 g/mol. The molecule has 0 N–H and O–H groups in total. The van der Waals surface area contributed by atoms with Crippen molar-refractivity contribution in [2.45, 2.75) is 72.6 Å². The van der Waals surface area contributed by atoms with Gasteiger partial charge in [-0.1, -0.05) is 69.6 Å². The van der Waals surface area contributed by atoms with Crippen molar-refractivity contribution in [3.63, 3.8) is 0 Å². The lowest BCUT2D eigenvalue weighted by Crippen LogP contribution is -1.93. The minimum atomic E-state index is 0.888. The maximum atomic E-state index is 2.37. The minimum absolute atomic E-state index is 0.888. The highest BCUT2D eigenvalue weighted by molar-refractivity contribution is 5.05. The highest BCUT2D eigenvalue weighted by Crippen LogP contribution is 2.13. The number of hydrogen-bond acceptors (Lipinski definition) is 0. The number of allylic oxidation sites excluding steroid dienone is 6. The lowest BCUT2D eigenvalue weighted by atomic mass is 9.99. The van der Waals surface area contributed by atoms with Crippen LogP contribution in [0.1, 0.15) is 72.6 Å². The Kier molecular flexibility index (Phi) is 12.1. The Hall–Kier alpha value is -0.780. The van der Waals surface area contributed by atoms with Gasteiger partial charge < -0.3 is 0 Å². The summed E-state index contributed by atoms with van der Waals surface area (Å²) in [5.74, 6) is 0.888. The van der Waals surface area contributed by atoms with Gasteiger partial charge in [-0.15, -0.1) is 0 Å². The molecular weight excluding hydrogens is 216 g/mol. The van der Waals surface area contributed by atoms with Crippen molar-refractivity contribution in [2.24, 2.45) is 5.92 Å². The topological polar surface area (TPSA) is 0 Å². The van der Waals surface area contributed by atoms with Gasteiger partial charge in [0.05, 0.1) is 0 Å². The molecule has 104 valence electrons. The molecule has 0 heteroatoms. The molecule has 0 fully saturated rings. The van der Waals surface area contributed by atoms with Crippen molar-refractivity contribution in [1.82, 2.24) is 0 Å². The predicted molar refractivity (Wildman–Crippen MR) is 84.9 cm³/mol. The molecule has 0 rings (SSSR count). The van der Waals surface area contributed by atoms with Gasteiger partial charge in [-0.25, -0.2) is 0 Å². The smallest absolute Gasteiger partial charge is 0.0139 e. The summed E-state index contributed by atoms with van der Waals surface area (Å²) >= 11 is 0. The zero-order valence-electron chi connectivity index (χ0n) is 12.9. The molecule has 0 heterocycles. The van der Waals surface area contributed by atoms with E-state index in [9.17, 15) is 0 Å². The first kappa shape index (κ1) is 17.2. The van der Waals surface area contributed by atoms with Crippen molar-refractivity contribution in [2.75, 3.05) is 0 Å². The summed E-state index contributed by atoms with van der Waals surface area (Å²) in [4.78, 5) is 0. The second-order valence-electron chi connectivity index (χ2n) is 4.94. The van der Waals surface area contributed by atoms with Crippen LogP contribution in [0.15, 0.2) is 36.0 Å². The van der Waals surface area contributed by atoms with Gasteiger partial charge in [0.15, 0.2) is 0 Å². The van der Waals surface area contributed by atoms with Gasteiger partial charge in [0, 0.05) is 0 Å². The van der Waals surface area contributed by atoms with Crippen LogP contribution < -0.4 is 0 Å². The molecule has 0 atom stereocenters. The second-order valence-corrected chi connectivity index (χ2v) is 4.94. The first-order valence-corrected chi connectivity index (χ1v) is 7.72. The van der Waals surface area contributed by atoms with Crippen LogP contribution in [0.4, 0.5) is 0 Å². The molecule has 0 aliphatic rings.